The molecule has 3 aliphatic rings. The molecule has 0 spiro atoms. The molecule has 38 heavy (non-hydrogen) atoms. The Kier molecular flexibility index (Phi) is 5.81. The fourth-order valence-electron chi connectivity index (χ4n) is 6.68. The number of esters is 1. The Bertz CT molecular complexity index is 1430. The van der Waals surface area contributed by atoms with Gasteiger partial charge in [0.15, 0.2) is 0 Å². The van der Waals surface area contributed by atoms with Crippen molar-refractivity contribution in [2.45, 2.75) is 31.8 Å². The maximum Gasteiger partial charge on any atom is 0.312 e. The molecule has 0 bridgehead atoms. The van der Waals surface area contributed by atoms with Gasteiger partial charge in [-0.1, -0.05) is 18.2 Å². The molecule has 1 N–H and O–H groups in total. The van der Waals surface area contributed by atoms with E-state index in [0.29, 0.717) is 24.5 Å². The molecule has 2 aromatic carbocycles. The van der Waals surface area contributed by atoms with Gasteiger partial charge >= 0.3 is 5.97 Å². The van der Waals surface area contributed by atoms with Crippen LogP contribution in [-0.4, -0.2) is 71.5 Å². The second-order valence-electron chi connectivity index (χ2n) is 10.3. The lowest BCUT2D eigenvalue weighted by atomic mass is 9.77. The number of carbonyl (C=O) groups is 3. The summed E-state index contributed by atoms with van der Waals surface area (Å²) in [6.45, 7) is 4.15. The van der Waals surface area contributed by atoms with Gasteiger partial charge in [-0.2, -0.15) is 0 Å². The first-order chi connectivity index (χ1) is 18.4. The Morgan fingerprint density at radius 2 is 2.03 bits per heavy atom. The van der Waals surface area contributed by atoms with Crippen molar-refractivity contribution in [3.05, 3.63) is 59.8 Å². The van der Waals surface area contributed by atoms with Gasteiger partial charge in [0.05, 0.1) is 38.8 Å². The lowest BCUT2D eigenvalue weighted by Gasteiger charge is -2.47. The van der Waals surface area contributed by atoms with Gasteiger partial charge in [0.1, 0.15) is 17.0 Å². The molecule has 2 saturated heterocycles. The average Bonchev–Trinajstić information content (AvgIpc) is 3.46. The number of ether oxygens (including phenoxy) is 3. The highest BCUT2D eigenvalue weighted by Crippen LogP contribution is 2.57. The monoisotopic (exact) mass is 517 g/mol. The molecule has 9 nitrogen and oxygen atoms in total. The van der Waals surface area contributed by atoms with Crippen LogP contribution in [0, 0.1) is 11.8 Å². The number of H-pyrrole nitrogens is 1. The first-order valence-corrected chi connectivity index (χ1v) is 13.0. The molecular weight excluding hydrogens is 486 g/mol. The largest absolute Gasteiger partial charge is 0.497 e. The predicted octanol–water partition coefficient (Wildman–Crippen LogP) is 3.09. The van der Waals surface area contributed by atoms with Crippen LogP contribution in [0.4, 0.5) is 0 Å². The number of nitrogens with zero attached hydrogens (tertiary/aromatic N) is 2. The molecule has 3 aliphatic heterocycles. The summed E-state index contributed by atoms with van der Waals surface area (Å²) in [5.41, 5.74) is 1.44. The van der Waals surface area contributed by atoms with Gasteiger partial charge in [0, 0.05) is 35.1 Å². The van der Waals surface area contributed by atoms with E-state index in [1.54, 1.807) is 36.8 Å². The molecule has 2 fully saturated rings. The summed E-state index contributed by atoms with van der Waals surface area (Å²) in [6.07, 6.45) is 2.53. The molecule has 2 amide bonds. The van der Waals surface area contributed by atoms with Gasteiger partial charge in [-0.05, 0) is 50.1 Å². The van der Waals surface area contributed by atoms with E-state index in [1.807, 2.05) is 42.6 Å². The number of methoxy groups -OCH3 is 1. The van der Waals surface area contributed by atoms with Crippen molar-refractivity contribution in [1.82, 2.24) is 14.8 Å². The van der Waals surface area contributed by atoms with Crippen LogP contribution in [0.2, 0.25) is 0 Å². The van der Waals surface area contributed by atoms with Crippen LogP contribution in [0.5, 0.6) is 11.5 Å². The van der Waals surface area contributed by atoms with E-state index < -0.39 is 29.4 Å². The Labute approximate surface area is 220 Å². The Balaban J connectivity index is 1.37. The van der Waals surface area contributed by atoms with Crippen LogP contribution in [0.3, 0.4) is 0 Å². The number of aromatic nitrogens is 1. The van der Waals surface area contributed by atoms with E-state index in [9.17, 15) is 14.4 Å². The van der Waals surface area contributed by atoms with Crippen LogP contribution in [-0.2, 0) is 25.5 Å². The molecule has 3 aromatic rings. The molecule has 4 heterocycles. The minimum atomic E-state index is -1.40. The van der Waals surface area contributed by atoms with E-state index >= 15 is 0 Å². The van der Waals surface area contributed by atoms with Gasteiger partial charge in [-0.15, -0.1) is 0 Å². The SMILES string of the molecule is CCOC(=O)[C@H]1[C@H]2COc3ccc(OC)cc3[C@@H]2N2C(=O)CN(CCc3c[nH]c4ccccc34)C(=O)[C@@]12C. The normalized spacial score (nSPS) is 26.0. The number of piperazine rings is 1. The topological polar surface area (TPSA) is 101 Å². The van der Waals surface area contributed by atoms with Crippen LogP contribution in [0.15, 0.2) is 48.7 Å². The number of fused-ring (bicyclic) bond motifs is 6. The third-order valence-corrected chi connectivity index (χ3v) is 8.37. The quantitative estimate of drug-likeness (QED) is 0.505. The zero-order valence-electron chi connectivity index (χ0n) is 21.7. The summed E-state index contributed by atoms with van der Waals surface area (Å²) in [5, 5.41) is 1.09. The van der Waals surface area contributed by atoms with Gasteiger partial charge in [0.25, 0.3) is 0 Å². The molecule has 4 atom stereocenters. The number of hydrogen-bond acceptors (Lipinski definition) is 6. The zero-order chi connectivity index (χ0) is 26.6. The number of benzene rings is 2. The summed E-state index contributed by atoms with van der Waals surface area (Å²) in [6, 6.07) is 12.9. The summed E-state index contributed by atoms with van der Waals surface area (Å²) < 4.78 is 17.0. The number of aromatic amines is 1. The molecule has 6 rings (SSSR count). The summed E-state index contributed by atoms with van der Waals surface area (Å²) in [4.78, 5) is 48.0. The minimum absolute atomic E-state index is 0.0459. The number of hydrogen-bond donors (Lipinski definition) is 1. The smallest absolute Gasteiger partial charge is 0.312 e. The molecular formula is C29H31N3O6. The van der Waals surface area contributed by atoms with E-state index in [-0.39, 0.29) is 31.6 Å². The maximum atomic E-state index is 14.2. The fourth-order valence-corrected chi connectivity index (χ4v) is 6.68. The molecule has 9 heteroatoms. The van der Waals surface area contributed by atoms with Gasteiger partial charge < -0.3 is 29.0 Å². The molecule has 0 unspecified atom stereocenters. The van der Waals surface area contributed by atoms with E-state index in [4.69, 9.17) is 14.2 Å². The van der Waals surface area contributed by atoms with Crippen molar-refractivity contribution < 1.29 is 28.6 Å². The van der Waals surface area contributed by atoms with E-state index in [0.717, 1.165) is 22.0 Å². The van der Waals surface area contributed by atoms with Crippen LogP contribution < -0.4 is 9.47 Å². The highest BCUT2D eigenvalue weighted by atomic mass is 16.5. The lowest BCUT2D eigenvalue weighted by molar-refractivity contribution is -0.170. The number of amides is 2. The van der Waals surface area contributed by atoms with E-state index in [2.05, 4.69) is 4.98 Å². The maximum absolute atomic E-state index is 14.2. The standard InChI is InChI=1S/C29H31N3O6/c1-4-37-27(34)25-21-16-38-23-10-9-18(36-3)13-20(23)26(21)32-24(33)15-31(28(35)29(25,32)2)12-11-17-14-30-22-8-6-5-7-19(17)22/h5-10,13-14,21,25-26,30H,4,11-12,15-16H2,1-3H3/t21-,25-,26+,29-/m1/s1. The Morgan fingerprint density at radius 3 is 2.82 bits per heavy atom. The molecule has 198 valence electrons. The molecule has 1 aromatic heterocycles. The lowest BCUT2D eigenvalue weighted by Crippen LogP contribution is -2.67. The molecule has 0 radical (unpaired) electrons. The zero-order valence-corrected chi connectivity index (χ0v) is 21.7. The summed E-state index contributed by atoms with van der Waals surface area (Å²) in [5.74, 6) is -0.968. The van der Waals surface area contributed by atoms with Crippen LogP contribution in [0.25, 0.3) is 10.9 Å². The van der Waals surface area contributed by atoms with Crippen molar-refractivity contribution in [3.8, 4) is 11.5 Å². The highest BCUT2D eigenvalue weighted by Gasteiger charge is 2.69. The fraction of sp³-hybridized carbons (Fsp3) is 0.414. The van der Waals surface area contributed by atoms with Crippen molar-refractivity contribution in [2.75, 3.05) is 33.4 Å². The second kappa shape index (κ2) is 9.08. The second-order valence-corrected chi connectivity index (χ2v) is 10.3. The molecule has 0 aliphatic carbocycles. The molecule has 0 saturated carbocycles. The highest BCUT2D eigenvalue weighted by molar-refractivity contribution is 6.02. The first-order valence-electron chi connectivity index (χ1n) is 13.0. The van der Waals surface area contributed by atoms with E-state index in [1.165, 1.54) is 0 Å². The number of para-hydroxylation sites is 1. The minimum Gasteiger partial charge on any atom is -0.497 e. The van der Waals surface area contributed by atoms with Gasteiger partial charge in [-0.3, -0.25) is 14.4 Å². The van der Waals surface area contributed by atoms with Crippen molar-refractivity contribution in [1.29, 1.82) is 0 Å². The van der Waals surface area contributed by atoms with Crippen molar-refractivity contribution in [2.24, 2.45) is 11.8 Å². The van der Waals surface area contributed by atoms with Crippen molar-refractivity contribution in [3.63, 3.8) is 0 Å². The Morgan fingerprint density at radius 1 is 1.21 bits per heavy atom. The first kappa shape index (κ1) is 24.3. The van der Waals surface area contributed by atoms with Crippen molar-refractivity contribution >= 4 is 28.7 Å². The van der Waals surface area contributed by atoms with Crippen LogP contribution >= 0.6 is 0 Å². The number of carbonyl (C=O) groups excluding carboxylic acids is 3. The Hall–Kier alpha value is -4.01. The number of rotatable bonds is 6. The predicted molar refractivity (Wildman–Crippen MR) is 139 cm³/mol. The van der Waals surface area contributed by atoms with Gasteiger partial charge in [-0.25, -0.2) is 0 Å². The third kappa shape index (κ3) is 3.48. The van der Waals surface area contributed by atoms with Gasteiger partial charge in [0.2, 0.25) is 11.8 Å². The number of nitrogens with one attached hydrogen (secondary N) is 1. The summed E-state index contributed by atoms with van der Waals surface area (Å²) in [7, 11) is 1.57. The average molecular weight is 518 g/mol. The van der Waals surface area contributed by atoms with Crippen LogP contribution in [0.1, 0.15) is 31.0 Å². The summed E-state index contributed by atoms with van der Waals surface area (Å²) >= 11 is 0. The third-order valence-electron chi connectivity index (χ3n) is 8.37.